The molecule has 0 unspecified atom stereocenters. The van der Waals surface area contributed by atoms with Crippen molar-refractivity contribution in [3.8, 4) is 11.5 Å². The van der Waals surface area contributed by atoms with Gasteiger partial charge in [-0.05, 0) is 54.2 Å². The Labute approximate surface area is 315 Å². The smallest absolute Gasteiger partial charge is 0.417 e. The number of fused-ring (bicyclic) bond motifs is 4. The summed E-state index contributed by atoms with van der Waals surface area (Å²) in [5.74, 6) is -7.39. The number of carbonyl (C=O) groups excluding carboxylic acids is 4. The summed E-state index contributed by atoms with van der Waals surface area (Å²) in [4.78, 5) is 60.0. The highest BCUT2D eigenvalue weighted by atomic mass is 35.5. The van der Waals surface area contributed by atoms with Gasteiger partial charge in [0.1, 0.15) is 18.1 Å². The van der Waals surface area contributed by atoms with Crippen molar-refractivity contribution in [3.63, 3.8) is 0 Å². The van der Waals surface area contributed by atoms with Crippen molar-refractivity contribution in [2.24, 2.45) is 23.7 Å². The average Bonchev–Trinajstić information content (AvgIpc) is 3.55. The standard InChI is InChI=1S/C39H29Cl2F3N4O6/c40-22-8-6-20(7-9-22)38-28(36(52)48(37(38)53)47-33-29(41)14-21(17-45-33)39(42,43)44)16-27-24(12-13-26-31(27)35(51)46-34(26)50)32(38)25-11-10-23(15-30(25)49)54-18-19-4-2-1-3-5-19/h1-12,14-15,17,26-28,31-32,49H,13,16,18H2,(H,45,47)(H,46,50,51)/t26-,27+,28-,31-,32+,38+/m0/s1. The molecule has 3 aromatic carbocycles. The zero-order valence-corrected chi connectivity index (χ0v) is 29.5. The minimum absolute atomic E-state index is 0.0528. The number of aromatic hydroxyl groups is 1. The third-order valence-electron chi connectivity index (χ3n) is 11.0. The van der Waals surface area contributed by atoms with Crippen molar-refractivity contribution in [2.75, 3.05) is 5.43 Å². The Kier molecular flexibility index (Phi) is 8.69. The molecule has 2 aliphatic carbocycles. The van der Waals surface area contributed by atoms with E-state index in [4.69, 9.17) is 27.9 Å². The maximum absolute atomic E-state index is 15.2. The summed E-state index contributed by atoms with van der Waals surface area (Å²) in [6.45, 7) is 0.202. The Balaban J connectivity index is 1.29. The molecule has 8 rings (SSSR count). The SMILES string of the molecule is O=C1NC(=O)[C@H]2CC=C3[C@@H](C[C@H]4C(=O)N(Nc5ncc(C(F)(F)F)cc5Cl)C(=O)[C@@]4(c4ccc(Cl)cc4)[C@H]3c3ccc(OCc4ccccc4)cc3O)[C@@H]12. The second kappa shape index (κ2) is 13.2. The van der Waals surface area contributed by atoms with Crippen LogP contribution in [-0.2, 0) is 37.4 Å². The molecule has 3 heterocycles. The van der Waals surface area contributed by atoms with Crippen LogP contribution in [0.3, 0.4) is 0 Å². The topological polar surface area (TPSA) is 138 Å². The molecule has 1 saturated carbocycles. The predicted octanol–water partition coefficient (Wildman–Crippen LogP) is 6.96. The highest BCUT2D eigenvalue weighted by Gasteiger charge is 2.70. The van der Waals surface area contributed by atoms with E-state index >= 15 is 4.79 Å². The lowest BCUT2D eigenvalue weighted by atomic mass is 9.49. The lowest BCUT2D eigenvalue weighted by Gasteiger charge is -2.50. The average molecular weight is 778 g/mol. The molecule has 6 atom stereocenters. The van der Waals surface area contributed by atoms with Crippen LogP contribution in [0.4, 0.5) is 19.0 Å². The molecule has 2 saturated heterocycles. The number of imide groups is 2. The monoisotopic (exact) mass is 776 g/mol. The van der Waals surface area contributed by atoms with E-state index in [1.807, 2.05) is 36.4 Å². The number of ether oxygens (including phenoxy) is 1. The van der Waals surface area contributed by atoms with Crippen LogP contribution in [0.25, 0.3) is 0 Å². The highest BCUT2D eigenvalue weighted by molar-refractivity contribution is 6.33. The van der Waals surface area contributed by atoms with Crippen molar-refractivity contribution in [3.05, 3.63) is 129 Å². The number of phenolic OH excluding ortho intramolecular Hbond substituents is 1. The molecule has 4 aliphatic rings. The number of rotatable bonds is 7. The summed E-state index contributed by atoms with van der Waals surface area (Å²) < 4.78 is 46.3. The lowest BCUT2D eigenvalue weighted by molar-refractivity contribution is -0.139. The first kappa shape index (κ1) is 35.6. The first-order valence-electron chi connectivity index (χ1n) is 17.0. The minimum Gasteiger partial charge on any atom is -0.508 e. The number of aromatic nitrogens is 1. The molecule has 54 heavy (non-hydrogen) atoms. The van der Waals surface area contributed by atoms with Gasteiger partial charge in [0.15, 0.2) is 5.82 Å². The van der Waals surface area contributed by atoms with E-state index in [0.29, 0.717) is 39.2 Å². The lowest BCUT2D eigenvalue weighted by Crippen LogP contribution is -2.53. The molecular weight excluding hydrogens is 748 g/mol. The molecule has 3 N–H and O–H groups in total. The Morgan fingerprint density at radius 1 is 0.963 bits per heavy atom. The molecule has 276 valence electrons. The van der Waals surface area contributed by atoms with Gasteiger partial charge < -0.3 is 9.84 Å². The van der Waals surface area contributed by atoms with Gasteiger partial charge in [0, 0.05) is 28.8 Å². The number of anilines is 1. The predicted molar refractivity (Wildman–Crippen MR) is 189 cm³/mol. The first-order valence-corrected chi connectivity index (χ1v) is 17.7. The molecule has 2 aliphatic heterocycles. The van der Waals surface area contributed by atoms with Gasteiger partial charge in [-0.3, -0.25) is 29.9 Å². The van der Waals surface area contributed by atoms with Gasteiger partial charge in [0.2, 0.25) is 11.8 Å². The quantitative estimate of drug-likeness (QED) is 0.135. The van der Waals surface area contributed by atoms with Gasteiger partial charge in [-0.2, -0.15) is 18.2 Å². The number of pyridine rings is 1. The first-order chi connectivity index (χ1) is 25.8. The molecule has 15 heteroatoms. The molecule has 0 spiro atoms. The maximum atomic E-state index is 15.2. The van der Waals surface area contributed by atoms with Gasteiger partial charge in [-0.15, -0.1) is 0 Å². The zero-order chi connectivity index (χ0) is 38.1. The number of halogens is 5. The van der Waals surface area contributed by atoms with Crippen molar-refractivity contribution in [2.45, 2.75) is 37.0 Å². The van der Waals surface area contributed by atoms with Crippen molar-refractivity contribution >= 4 is 52.6 Å². The molecule has 4 aromatic rings. The summed E-state index contributed by atoms with van der Waals surface area (Å²) in [5, 5.41) is 14.8. The Morgan fingerprint density at radius 3 is 2.39 bits per heavy atom. The van der Waals surface area contributed by atoms with E-state index in [2.05, 4.69) is 15.7 Å². The Morgan fingerprint density at radius 2 is 1.70 bits per heavy atom. The van der Waals surface area contributed by atoms with Gasteiger partial charge in [0.05, 0.1) is 33.8 Å². The molecule has 3 fully saturated rings. The van der Waals surface area contributed by atoms with E-state index in [1.165, 1.54) is 6.07 Å². The van der Waals surface area contributed by atoms with Crippen LogP contribution in [0.15, 0.2) is 96.7 Å². The second-order valence-electron chi connectivity index (χ2n) is 13.8. The zero-order valence-electron chi connectivity index (χ0n) is 27.9. The number of benzene rings is 3. The van der Waals surface area contributed by atoms with E-state index in [9.17, 15) is 32.7 Å². The van der Waals surface area contributed by atoms with Crippen LogP contribution in [0.5, 0.6) is 11.5 Å². The Bertz CT molecular complexity index is 2250. The number of alkyl halides is 3. The van der Waals surface area contributed by atoms with E-state index in [0.717, 1.165) is 5.56 Å². The van der Waals surface area contributed by atoms with Crippen LogP contribution in [-0.4, -0.2) is 38.7 Å². The summed E-state index contributed by atoms with van der Waals surface area (Å²) in [6, 6.07) is 21.0. The van der Waals surface area contributed by atoms with E-state index in [1.54, 1.807) is 36.4 Å². The minimum atomic E-state index is -4.75. The molecule has 0 bridgehead atoms. The largest absolute Gasteiger partial charge is 0.508 e. The van der Waals surface area contributed by atoms with Crippen LogP contribution in [0.2, 0.25) is 10.0 Å². The van der Waals surface area contributed by atoms with Gasteiger partial charge in [-0.1, -0.05) is 83.4 Å². The van der Waals surface area contributed by atoms with Crippen LogP contribution < -0.4 is 15.5 Å². The van der Waals surface area contributed by atoms with E-state index < -0.39 is 75.4 Å². The fraction of sp³-hybridized carbons (Fsp3) is 0.256. The number of amides is 4. The fourth-order valence-electron chi connectivity index (χ4n) is 8.64. The molecular formula is C39H29Cl2F3N4O6. The highest BCUT2D eigenvalue weighted by Crippen LogP contribution is 2.64. The number of hydrogen-bond donors (Lipinski definition) is 3. The summed E-state index contributed by atoms with van der Waals surface area (Å²) >= 11 is 12.5. The second-order valence-corrected chi connectivity index (χ2v) is 14.6. The Hall–Kier alpha value is -5.40. The number of nitrogens with zero attached hydrogens (tertiary/aromatic N) is 2. The molecule has 1 aromatic heterocycles. The fourth-order valence-corrected chi connectivity index (χ4v) is 8.97. The number of phenols is 1. The summed E-state index contributed by atoms with van der Waals surface area (Å²) in [6.07, 6.45) is -2.30. The van der Waals surface area contributed by atoms with Gasteiger partial charge in [0.25, 0.3) is 11.8 Å². The number of allylic oxidation sites excluding steroid dienone is 2. The van der Waals surface area contributed by atoms with Crippen molar-refractivity contribution in [1.29, 1.82) is 0 Å². The van der Waals surface area contributed by atoms with Crippen LogP contribution in [0, 0.1) is 23.7 Å². The maximum Gasteiger partial charge on any atom is 0.417 e. The number of carbonyl (C=O) groups is 4. The molecule has 0 radical (unpaired) electrons. The number of hydrogen-bond acceptors (Lipinski definition) is 8. The van der Waals surface area contributed by atoms with Gasteiger partial charge >= 0.3 is 6.18 Å². The summed E-state index contributed by atoms with van der Waals surface area (Å²) in [7, 11) is 0. The van der Waals surface area contributed by atoms with E-state index in [-0.39, 0.29) is 36.6 Å². The number of hydrazine groups is 1. The van der Waals surface area contributed by atoms with Crippen molar-refractivity contribution in [1.82, 2.24) is 15.3 Å². The van der Waals surface area contributed by atoms with Crippen LogP contribution >= 0.6 is 23.2 Å². The molecule has 4 amide bonds. The third-order valence-corrected chi connectivity index (χ3v) is 11.5. The number of nitrogens with one attached hydrogen (secondary N) is 2. The normalized spacial score (nSPS) is 26.1. The summed E-state index contributed by atoms with van der Waals surface area (Å²) in [5.41, 5.74) is 1.71. The van der Waals surface area contributed by atoms with Crippen LogP contribution in [0.1, 0.15) is 41.0 Å². The molecule has 10 nitrogen and oxygen atoms in total. The third kappa shape index (κ3) is 5.68. The van der Waals surface area contributed by atoms with Crippen molar-refractivity contribution < 1.29 is 42.2 Å². The van der Waals surface area contributed by atoms with Gasteiger partial charge in [-0.25, -0.2) is 4.98 Å².